The normalized spacial score (nSPS) is 17.5. The van der Waals surface area contributed by atoms with Crippen molar-refractivity contribution in [3.63, 3.8) is 0 Å². The molecule has 3 aromatic rings. The highest BCUT2D eigenvalue weighted by atomic mass is 32.2. The van der Waals surface area contributed by atoms with Crippen molar-refractivity contribution < 1.29 is 21.6 Å². The van der Waals surface area contributed by atoms with Crippen LogP contribution < -0.4 is 0 Å². The quantitative estimate of drug-likeness (QED) is 0.545. The summed E-state index contributed by atoms with van der Waals surface area (Å²) in [5.74, 6) is 0. The van der Waals surface area contributed by atoms with Crippen molar-refractivity contribution in [3.05, 3.63) is 71.3 Å². The van der Waals surface area contributed by atoms with Crippen LogP contribution in [0.15, 0.2) is 53.7 Å². The lowest BCUT2D eigenvalue weighted by Gasteiger charge is -2.34. The third-order valence-corrected chi connectivity index (χ3v) is 7.51. The van der Waals surface area contributed by atoms with Gasteiger partial charge in [0.25, 0.3) is 10.0 Å². The van der Waals surface area contributed by atoms with Crippen LogP contribution in [-0.2, 0) is 29.2 Å². The minimum Gasteiger partial charge on any atom is -0.349 e. The molecule has 0 bridgehead atoms. The van der Waals surface area contributed by atoms with Crippen LogP contribution in [0, 0.1) is 6.92 Å². The van der Waals surface area contributed by atoms with Crippen molar-refractivity contribution in [3.8, 4) is 0 Å². The molecule has 0 saturated heterocycles. The Morgan fingerprint density at radius 2 is 1.84 bits per heavy atom. The number of aromatic nitrogens is 3. The topological polar surface area (TPSA) is 60.1 Å². The predicted octanol–water partition coefficient (Wildman–Crippen LogP) is 4.26. The van der Waals surface area contributed by atoms with Gasteiger partial charge in [-0.2, -0.15) is 30.8 Å². The van der Waals surface area contributed by atoms with Crippen molar-refractivity contribution in [2.75, 3.05) is 13.1 Å². The van der Waals surface area contributed by atoms with Crippen LogP contribution >= 0.6 is 0 Å². The van der Waals surface area contributed by atoms with Gasteiger partial charge in [0.05, 0.1) is 4.90 Å². The van der Waals surface area contributed by atoms with Gasteiger partial charge in [0, 0.05) is 42.8 Å². The molecule has 4 rings (SSSR count). The molecule has 0 radical (unpaired) electrons. The summed E-state index contributed by atoms with van der Waals surface area (Å²) >= 11 is 0. The maximum atomic E-state index is 13.6. The summed E-state index contributed by atoms with van der Waals surface area (Å²) in [7, 11) is -4.21. The number of benzene rings is 1. The molecule has 0 aliphatic carbocycles. The van der Waals surface area contributed by atoms with Crippen LogP contribution in [0.25, 0.3) is 0 Å². The number of hydrogen-bond donors (Lipinski definition) is 0. The van der Waals surface area contributed by atoms with Gasteiger partial charge in [-0.05, 0) is 57.5 Å². The summed E-state index contributed by atoms with van der Waals surface area (Å²) < 4.78 is 69.1. The van der Waals surface area contributed by atoms with Crippen LogP contribution in [-0.4, -0.2) is 40.2 Å². The first-order chi connectivity index (χ1) is 15.1. The lowest BCUT2D eigenvalue weighted by Crippen LogP contribution is -2.37. The van der Waals surface area contributed by atoms with Gasteiger partial charge in [0.1, 0.15) is 0 Å². The molecule has 0 saturated carbocycles. The van der Waals surface area contributed by atoms with E-state index in [1.165, 1.54) is 17.8 Å². The zero-order valence-corrected chi connectivity index (χ0v) is 18.7. The maximum Gasteiger partial charge on any atom is 0.435 e. The van der Waals surface area contributed by atoms with Crippen LogP contribution in [0.2, 0.25) is 0 Å². The third kappa shape index (κ3) is 4.33. The van der Waals surface area contributed by atoms with E-state index in [2.05, 4.69) is 27.6 Å². The Morgan fingerprint density at radius 3 is 2.53 bits per heavy atom. The molecule has 1 aromatic carbocycles. The van der Waals surface area contributed by atoms with Crippen molar-refractivity contribution >= 4 is 10.0 Å². The zero-order valence-electron chi connectivity index (χ0n) is 17.9. The van der Waals surface area contributed by atoms with Gasteiger partial charge in [0.15, 0.2) is 5.69 Å². The van der Waals surface area contributed by atoms with Crippen molar-refractivity contribution in [1.29, 1.82) is 0 Å². The van der Waals surface area contributed by atoms with E-state index in [1.54, 1.807) is 19.1 Å². The van der Waals surface area contributed by atoms with Crippen molar-refractivity contribution in [2.45, 2.75) is 50.3 Å². The molecule has 2 aromatic heterocycles. The van der Waals surface area contributed by atoms with Crippen LogP contribution in [0.4, 0.5) is 13.2 Å². The van der Waals surface area contributed by atoms with Gasteiger partial charge < -0.3 is 4.57 Å². The highest BCUT2D eigenvalue weighted by molar-refractivity contribution is 7.89. The summed E-state index contributed by atoms with van der Waals surface area (Å²) in [6, 6.07) is 10.1. The highest BCUT2D eigenvalue weighted by Gasteiger charge is 2.38. The third-order valence-electron chi connectivity index (χ3n) is 5.96. The molecule has 0 unspecified atom stereocenters. The van der Waals surface area contributed by atoms with Gasteiger partial charge in [0.2, 0.25) is 0 Å². The van der Waals surface area contributed by atoms with E-state index < -0.39 is 21.9 Å². The monoisotopic (exact) mass is 466 g/mol. The molecule has 3 heterocycles. The Bertz CT molecular complexity index is 1200. The number of halogens is 3. The number of fused-ring (bicyclic) bond motifs is 1. The molecule has 172 valence electrons. The second-order valence-corrected chi connectivity index (χ2v) is 9.93. The molecule has 32 heavy (non-hydrogen) atoms. The average molecular weight is 467 g/mol. The average Bonchev–Trinajstić information content (AvgIpc) is 3.38. The lowest BCUT2D eigenvalue weighted by molar-refractivity contribution is -0.141. The fraction of sp³-hybridized carbons (Fsp3) is 0.409. The van der Waals surface area contributed by atoms with Gasteiger partial charge in [-0.15, -0.1) is 0 Å². The zero-order chi connectivity index (χ0) is 23.1. The number of hydrogen-bond acceptors (Lipinski definition) is 4. The Kier molecular flexibility index (Phi) is 5.93. The van der Waals surface area contributed by atoms with Crippen LogP contribution in [0.5, 0.6) is 0 Å². The predicted molar refractivity (Wildman–Crippen MR) is 114 cm³/mol. The SMILES string of the molecule is Cc1ccc(S(=O)(=O)n2cc(CCCN3CCn4cccc4[C@@H]3C)c(C(F)(F)F)n2)cc1. The summed E-state index contributed by atoms with van der Waals surface area (Å²) in [6.45, 7) is 6.14. The molecule has 0 spiro atoms. The second kappa shape index (κ2) is 8.40. The maximum absolute atomic E-state index is 13.6. The molecule has 1 aliphatic heterocycles. The first-order valence-corrected chi connectivity index (χ1v) is 11.9. The second-order valence-electron chi connectivity index (χ2n) is 8.13. The Balaban J connectivity index is 1.52. The van der Waals surface area contributed by atoms with E-state index in [1.807, 2.05) is 12.3 Å². The molecular formula is C22H25F3N4O2S. The van der Waals surface area contributed by atoms with Crippen molar-refractivity contribution in [1.82, 2.24) is 18.7 Å². The minimum atomic E-state index is -4.73. The van der Waals surface area contributed by atoms with Crippen LogP contribution in [0.3, 0.4) is 0 Å². The molecule has 0 amide bonds. The molecular weight excluding hydrogens is 441 g/mol. The molecule has 6 nitrogen and oxygen atoms in total. The van der Waals surface area contributed by atoms with Gasteiger partial charge >= 0.3 is 6.18 Å². The van der Waals surface area contributed by atoms with Gasteiger partial charge in [-0.3, -0.25) is 4.90 Å². The Labute approximate surface area is 185 Å². The molecule has 0 N–H and O–H groups in total. The summed E-state index contributed by atoms with van der Waals surface area (Å²) in [5, 5.41) is 3.44. The first kappa shape index (κ1) is 22.6. The van der Waals surface area contributed by atoms with E-state index in [9.17, 15) is 21.6 Å². The largest absolute Gasteiger partial charge is 0.435 e. The van der Waals surface area contributed by atoms with E-state index in [0.717, 1.165) is 24.8 Å². The Hall–Kier alpha value is -2.59. The number of nitrogens with zero attached hydrogens (tertiary/aromatic N) is 4. The standard InChI is InChI=1S/C22H25F3N4O2S/c1-16-7-9-19(10-8-16)32(30,31)29-15-18(21(26-29)22(23,24)25)5-3-11-27-13-14-28-12-4-6-20(28)17(27)2/h4,6-10,12,15,17H,3,5,11,13-14H2,1-2H3/t17-/m0/s1. The molecule has 0 fully saturated rings. The van der Waals surface area contributed by atoms with E-state index >= 15 is 0 Å². The summed E-state index contributed by atoms with van der Waals surface area (Å²) in [5.41, 5.74) is 0.777. The smallest absolute Gasteiger partial charge is 0.349 e. The van der Waals surface area contributed by atoms with Gasteiger partial charge in [-0.25, -0.2) is 0 Å². The van der Waals surface area contributed by atoms with E-state index in [-0.39, 0.29) is 22.9 Å². The fourth-order valence-corrected chi connectivity index (χ4v) is 5.31. The van der Waals surface area contributed by atoms with E-state index in [0.29, 0.717) is 17.1 Å². The number of aryl methyl sites for hydroxylation is 2. The fourth-order valence-electron chi connectivity index (χ4n) is 4.15. The van der Waals surface area contributed by atoms with Gasteiger partial charge in [-0.1, -0.05) is 17.7 Å². The lowest BCUT2D eigenvalue weighted by atomic mass is 10.1. The summed E-state index contributed by atoms with van der Waals surface area (Å²) in [6.07, 6.45) is -1.15. The minimum absolute atomic E-state index is 0.0858. The Morgan fingerprint density at radius 1 is 1.12 bits per heavy atom. The van der Waals surface area contributed by atoms with Crippen molar-refractivity contribution in [2.24, 2.45) is 0 Å². The summed E-state index contributed by atoms with van der Waals surface area (Å²) in [4.78, 5) is 2.13. The van der Waals surface area contributed by atoms with Crippen LogP contribution in [0.1, 0.15) is 41.9 Å². The molecule has 1 atom stereocenters. The van der Waals surface area contributed by atoms with E-state index in [4.69, 9.17) is 0 Å². The number of alkyl halides is 3. The highest BCUT2D eigenvalue weighted by Crippen LogP contribution is 2.33. The number of rotatable bonds is 6. The molecule has 10 heteroatoms. The molecule has 1 aliphatic rings. The first-order valence-electron chi connectivity index (χ1n) is 10.4.